The Labute approximate surface area is 113 Å². The van der Waals surface area contributed by atoms with Crippen molar-refractivity contribution in [3.8, 4) is 0 Å². The quantitative estimate of drug-likeness (QED) is 0.676. The second-order valence-electron chi connectivity index (χ2n) is 4.68. The molecule has 2 atom stereocenters. The lowest BCUT2D eigenvalue weighted by Gasteiger charge is -2.10. The largest absolute Gasteiger partial charge is 0.407 e. The van der Waals surface area contributed by atoms with E-state index < -0.39 is 0 Å². The zero-order valence-electron chi connectivity index (χ0n) is 11.5. The molecule has 7 nitrogen and oxygen atoms in total. The SMILES string of the molecule is COCCNCc1nnc(NC2CCC(OC)C2)o1. The van der Waals surface area contributed by atoms with Crippen LogP contribution in [-0.4, -0.2) is 49.7 Å². The first kappa shape index (κ1) is 14.2. The molecule has 7 heteroatoms. The van der Waals surface area contributed by atoms with Crippen molar-refractivity contribution < 1.29 is 13.9 Å². The van der Waals surface area contributed by atoms with Crippen LogP contribution in [0.15, 0.2) is 4.42 Å². The Morgan fingerprint density at radius 3 is 2.95 bits per heavy atom. The van der Waals surface area contributed by atoms with Crippen molar-refractivity contribution in [2.75, 3.05) is 32.7 Å². The number of hydrogen-bond acceptors (Lipinski definition) is 7. The van der Waals surface area contributed by atoms with E-state index in [1.807, 2.05) is 0 Å². The molecule has 0 bridgehead atoms. The predicted molar refractivity (Wildman–Crippen MR) is 69.9 cm³/mol. The Bertz CT molecular complexity index is 372. The van der Waals surface area contributed by atoms with Gasteiger partial charge in [0.05, 0.1) is 19.3 Å². The Morgan fingerprint density at radius 1 is 1.32 bits per heavy atom. The van der Waals surface area contributed by atoms with E-state index in [1.54, 1.807) is 14.2 Å². The summed E-state index contributed by atoms with van der Waals surface area (Å²) in [6.45, 7) is 1.99. The number of nitrogens with one attached hydrogen (secondary N) is 2. The first-order valence-electron chi connectivity index (χ1n) is 6.63. The monoisotopic (exact) mass is 270 g/mol. The molecule has 1 aromatic rings. The summed E-state index contributed by atoms with van der Waals surface area (Å²) in [5.74, 6) is 0.583. The van der Waals surface area contributed by atoms with Crippen molar-refractivity contribution in [2.45, 2.75) is 38.0 Å². The van der Waals surface area contributed by atoms with Crippen LogP contribution in [0.2, 0.25) is 0 Å². The Morgan fingerprint density at radius 2 is 2.21 bits per heavy atom. The van der Waals surface area contributed by atoms with Crippen molar-refractivity contribution in [2.24, 2.45) is 0 Å². The summed E-state index contributed by atoms with van der Waals surface area (Å²) >= 11 is 0. The highest BCUT2D eigenvalue weighted by atomic mass is 16.5. The highest BCUT2D eigenvalue weighted by molar-refractivity contribution is 5.20. The molecule has 108 valence electrons. The molecule has 1 saturated carbocycles. The van der Waals surface area contributed by atoms with Gasteiger partial charge in [0.1, 0.15) is 0 Å². The van der Waals surface area contributed by atoms with E-state index in [0.29, 0.717) is 37.2 Å². The lowest BCUT2D eigenvalue weighted by molar-refractivity contribution is 0.108. The van der Waals surface area contributed by atoms with E-state index in [2.05, 4.69) is 20.8 Å². The number of aromatic nitrogens is 2. The van der Waals surface area contributed by atoms with Gasteiger partial charge in [0, 0.05) is 26.8 Å². The van der Waals surface area contributed by atoms with E-state index in [9.17, 15) is 0 Å². The normalized spacial score (nSPS) is 22.8. The summed E-state index contributed by atoms with van der Waals surface area (Å²) in [5, 5.41) is 14.4. The Hall–Kier alpha value is -1.18. The minimum absolute atomic E-state index is 0.343. The van der Waals surface area contributed by atoms with Crippen LogP contribution in [0.3, 0.4) is 0 Å². The van der Waals surface area contributed by atoms with Crippen LogP contribution >= 0.6 is 0 Å². The van der Waals surface area contributed by atoms with Gasteiger partial charge in [0.15, 0.2) is 0 Å². The average Bonchev–Trinajstić information content (AvgIpc) is 3.05. The fourth-order valence-corrected chi connectivity index (χ4v) is 2.21. The lowest BCUT2D eigenvalue weighted by Crippen LogP contribution is -2.18. The maximum atomic E-state index is 5.52. The fraction of sp³-hybridized carbons (Fsp3) is 0.833. The smallest absolute Gasteiger partial charge is 0.315 e. The molecule has 2 rings (SSSR count). The van der Waals surface area contributed by atoms with Crippen LogP contribution in [0.5, 0.6) is 0 Å². The third-order valence-corrected chi connectivity index (χ3v) is 3.27. The Balaban J connectivity index is 1.71. The number of rotatable bonds is 8. The molecule has 1 aliphatic rings. The van der Waals surface area contributed by atoms with Gasteiger partial charge in [-0.3, -0.25) is 0 Å². The predicted octanol–water partition coefficient (Wildman–Crippen LogP) is 0.785. The standard InChI is InChI=1S/C12H22N4O3/c1-17-6-5-13-8-11-15-16-12(19-11)14-9-3-4-10(7-9)18-2/h9-10,13H,3-8H2,1-2H3,(H,14,16). The van der Waals surface area contributed by atoms with Gasteiger partial charge < -0.3 is 24.5 Å². The fourth-order valence-electron chi connectivity index (χ4n) is 2.21. The summed E-state index contributed by atoms with van der Waals surface area (Å²) in [4.78, 5) is 0. The molecule has 2 N–H and O–H groups in total. The van der Waals surface area contributed by atoms with E-state index in [-0.39, 0.29) is 0 Å². The van der Waals surface area contributed by atoms with Gasteiger partial charge in [0.25, 0.3) is 0 Å². The molecule has 0 amide bonds. The Kier molecular flexibility index (Phi) is 5.56. The molecule has 1 aliphatic carbocycles. The molecule has 0 aliphatic heterocycles. The minimum atomic E-state index is 0.343. The van der Waals surface area contributed by atoms with Crippen LogP contribution < -0.4 is 10.6 Å². The van der Waals surface area contributed by atoms with E-state index in [0.717, 1.165) is 25.8 Å². The molecule has 0 saturated heterocycles. The molecule has 1 aromatic heterocycles. The second kappa shape index (κ2) is 7.42. The van der Waals surface area contributed by atoms with Crippen LogP contribution in [0.1, 0.15) is 25.2 Å². The van der Waals surface area contributed by atoms with E-state index in [4.69, 9.17) is 13.9 Å². The van der Waals surface area contributed by atoms with Crippen molar-refractivity contribution in [3.63, 3.8) is 0 Å². The van der Waals surface area contributed by atoms with Crippen LogP contribution in [0.4, 0.5) is 6.01 Å². The van der Waals surface area contributed by atoms with E-state index >= 15 is 0 Å². The lowest BCUT2D eigenvalue weighted by atomic mass is 10.2. The zero-order valence-corrected chi connectivity index (χ0v) is 11.5. The molecule has 2 unspecified atom stereocenters. The van der Waals surface area contributed by atoms with Gasteiger partial charge in [0.2, 0.25) is 5.89 Å². The van der Waals surface area contributed by atoms with Crippen LogP contribution in [-0.2, 0) is 16.0 Å². The number of methoxy groups -OCH3 is 2. The van der Waals surface area contributed by atoms with Crippen LogP contribution in [0, 0.1) is 0 Å². The average molecular weight is 270 g/mol. The van der Waals surface area contributed by atoms with Gasteiger partial charge in [-0.15, -0.1) is 5.10 Å². The summed E-state index contributed by atoms with van der Waals surface area (Å²) < 4.78 is 15.8. The van der Waals surface area contributed by atoms with Crippen LogP contribution in [0.25, 0.3) is 0 Å². The van der Waals surface area contributed by atoms with Gasteiger partial charge >= 0.3 is 6.01 Å². The summed E-state index contributed by atoms with van der Waals surface area (Å²) in [5.41, 5.74) is 0. The topological polar surface area (TPSA) is 81.4 Å². The maximum absolute atomic E-state index is 5.52. The minimum Gasteiger partial charge on any atom is -0.407 e. The number of hydrogen-bond donors (Lipinski definition) is 2. The van der Waals surface area contributed by atoms with E-state index in [1.165, 1.54) is 0 Å². The summed E-state index contributed by atoms with van der Waals surface area (Å²) in [7, 11) is 3.43. The third-order valence-electron chi connectivity index (χ3n) is 3.27. The highest BCUT2D eigenvalue weighted by Gasteiger charge is 2.25. The number of anilines is 1. The van der Waals surface area contributed by atoms with Gasteiger partial charge in [-0.05, 0) is 19.3 Å². The molecule has 0 radical (unpaired) electrons. The highest BCUT2D eigenvalue weighted by Crippen LogP contribution is 2.24. The molecule has 1 fully saturated rings. The second-order valence-corrected chi connectivity index (χ2v) is 4.68. The molecule has 0 aromatic carbocycles. The van der Waals surface area contributed by atoms with Crippen molar-refractivity contribution in [1.29, 1.82) is 0 Å². The molecular formula is C12H22N4O3. The van der Waals surface area contributed by atoms with Crippen molar-refractivity contribution in [3.05, 3.63) is 5.89 Å². The molecule has 19 heavy (non-hydrogen) atoms. The third kappa shape index (κ3) is 4.45. The summed E-state index contributed by atoms with van der Waals surface area (Å²) in [6.07, 6.45) is 3.48. The first-order chi connectivity index (χ1) is 9.31. The first-order valence-corrected chi connectivity index (χ1v) is 6.63. The molecule has 1 heterocycles. The molecule has 0 spiro atoms. The van der Waals surface area contributed by atoms with Gasteiger partial charge in [-0.2, -0.15) is 0 Å². The van der Waals surface area contributed by atoms with Gasteiger partial charge in [-0.25, -0.2) is 0 Å². The summed E-state index contributed by atoms with van der Waals surface area (Å²) in [6, 6.07) is 0.852. The zero-order chi connectivity index (χ0) is 13.5. The maximum Gasteiger partial charge on any atom is 0.315 e. The molecular weight excluding hydrogens is 248 g/mol. The van der Waals surface area contributed by atoms with Crippen molar-refractivity contribution >= 4 is 6.01 Å². The van der Waals surface area contributed by atoms with Gasteiger partial charge in [-0.1, -0.05) is 5.10 Å². The number of nitrogens with zero attached hydrogens (tertiary/aromatic N) is 2. The number of ether oxygens (including phenoxy) is 2. The van der Waals surface area contributed by atoms with Crippen molar-refractivity contribution in [1.82, 2.24) is 15.5 Å².